The van der Waals surface area contributed by atoms with Gasteiger partial charge < -0.3 is 15.4 Å². The zero-order valence-corrected chi connectivity index (χ0v) is 18.0. The first-order valence-corrected chi connectivity index (χ1v) is 10.7. The number of aromatic nitrogens is 3. The Hall–Kier alpha value is -2.64. The van der Waals surface area contributed by atoms with E-state index in [1.165, 1.54) is 0 Å². The molecule has 30 heavy (non-hydrogen) atoms. The van der Waals surface area contributed by atoms with Crippen molar-refractivity contribution in [2.45, 2.75) is 45.8 Å². The Kier molecular flexibility index (Phi) is 6.20. The summed E-state index contributed by atoms with van der Waals surface area (Å²) in [5, 5.41) is 12.5. The predicted octanol–water partition coefficient (Wildman–Crippen LogP) is 3.93. The Morgan fingerprint density at radius 1 is 1.30 bits per heavy atom. The molecule has 0 radical (unpaired) electrons. The Bertz CT molecular complexity index is 1060. The van der Waals surface area contributed by atoms with Crippen LogP contribution in [0.4, 0.5) is 5.69 Å². The average molecular weight is 428 g/mol. The third-order valence-corrected chi connectivity index (χ3v) is 5.77. The molecule has 0 atom stereocenters. The fourth-order valence-electron chi connectivity index (χ4n) is 3.73. The number of nitrogens with zero attached hydrogens (tertiary/aromatic N) is 3. The molecule has 1 aromatic carbocycles. The third kappa shape index (κ3) is 4.27. The van der Waals surface area contributed by atoms with Crippen molar-refractivity contribution >= 4 is 34.2 Å². The minimum Gasteiger partial charge on any atom is -0.381 e. The largest absolute Gasteiger partial charge is 0.381 e. The van der Waals surface area contributed by atoms with Crippen molar-refractivity contribution in [1.82, 2.24) is 20.1 Å². The summed E-state index contributed by atoms with van der Waals surface area (Å²) in [6.45, 7) is 6.57. The summed E-state index contributed by atoms with van der Waals surface area (Å²) in [7, 11) is 0. The van der Waals surface area contributed by atoms with E-state index in [9.17, 15) is 4.79 Å². The SMILES string of the molecule is CCn1ncc2c(NC3CCOCC3)c(C(=O)NCc3cc(Cl)ccc3C)cnc21. The van der Waals surface area contributed by atoms with Gasteiger partial charge in [-0.25, -0.2) is 9.67 Å². The highest BCUT2D eigenvalue weighted by Crippen LogP contribution is 2.28. The molecule has 1 aliphatic heterocycles. The molecule has 7 nitrogen and oxygen atoms in total. The maximum atomic E-state index is 13.1. The molecule has 0 spiro atoms. The molecule has 3 aromatic rings. The lowest BCUT2D eigenvalue weighted by Gasteiger charge is -2.25. The van der Waals surface area contributed by atoms with Crippen molar-refractivity contribution in [3.05, 3.63) is 52.3 Å². The number of benzene rings is 1. The Labute approximate surface area is 180 Å². The molecule has 3 heterocycles. The first-order chi connectivity index (χ1) is 14.6. The zero-order chi connectivity index (χ0) is 21.1. The van der Waals surface area contributed by atoms with Gasteiger partial charge in [0.15, 0.2) is 5.65 Å². The molecule has 1 amide bonds. The third-order valence-electron chi connectivity index (χ3n) is 5.53. The predicted molar refractivity (Wildman–Crippen MR) is 118 cm³/mol. The van der Waals surface area contributed by atoms with Gasteiger partial charge in [-0.2, -0.15) is 5.10 Å². The Morgan fingerprint density at radius 2 is 2.10 bits per heavy atom. The lowest BCUT2D eigenvalue weighted by Crippen LogP contribution is -2.30. The van der Waals surface area contributed by atoms with Gasteiger partial charge in [-0.05, 0) is 49.9 Å². The van der Waals surface area contributed by atoms with E-state index in [2.05, 4.69) is 20.7 Å². The van der Waals surface area contributed by atoms with Crippen LogP contribution in [0.3, 0.4) is 0 Å². The van der Waals surface area contributed by atoms with Gasteiger partial charge >= 0.3 is 0 Å². The van der Waals surface area contributed by atoms with E-state index in [4.69, 9.17) is 16.3 Å². The number of carbonyl (C=O) groups is 1. The highest BCUT2D eigenvalue weighted by atomic mass is 35.5. The Balaban J connectivity index is 1.63. The number of hydrogen-bond donors (Lipinski definition) is 2. The van der Waals surface area contributed by atoms with Crippen molar-refractivity contribution < 1.29 is 9.53 Å². The first kappa shape index (κ1) is 20.6. The number of hydrogen-bond acceptors (Lipinski definition) is 5. The van der Waals surface area contributed by atoms with Crippen LogP contribution in [0, 0.1) is 6.92 Å². The highest BCUT2D eigenvalue weighted by molar-refractivity contribution is 6.30. The molecule has 0 saturated carbocycles. The topological polar surface area (TPSA) is 81.1 Å². The summed E-state index contributed by atoms with van der Waals surface area (Å²) in [5.74, 6) is -0.178. The van der Waals surface area contributed by atoms with Crippen LogP contribution in [-0.4, -0.2) is 39.9 Å². The van der Waals surface area contributed by atoms with Gasteiger partial charge in [-0.15, -0.1) is 0 Å². The molecule has 0 bridgehead atoms. The average Bonchev–Trinajstić information content (AvgIpc) is 3.19. The molecular formula is C22H26ClN5O2. The molecule has 0 aliphatic carbocycles. The van der Waals surface area contributed by atoms with Gasteiger partial charge in [-0.3, -0.25) is 4.79 Å². The van der Waals surface area contributed by atoms with Crippen LogP contribution >= 0.6 is 11.6 Å². The van der Waals surface area contributed by atoms with E-state index in [0.717, 1.165) is 53.9 Å². The van der Waals surface area contributed by atoms with Crippen LogP contribution < -0.4 is 10.6 Å². The van der Waals surface area contributed by atoms with Gasteiger partial charge in [0.2, 0.25) is 0 Å². The number of rotatable bonds is 6. The summed E-state index contributed by atoms with van der Waals surface area (Å²) in [4.78, 5) is 17.6. The van der Waals surface area contributed by atoms with Crippen LogP contribution in [-0.2, 0) is 17.8 Å². The molecule has 8 heteroatoms. The van der Waals surface area contributed by atoms with Crippen molar-refractivity contribution in [3.63, 3.8) is 0 Å². The molecule has 2 N–H and O–H groups in total. The van der Waals surface area contributed by atoms with E-state index >= 15 is 0 Å². The van der Waals surface area contributed by atoms with Crippen LogP contribution in [0.1, 0.15) is 41.3 Å². The van der Waals surface area contributed by atoms with Crippen LogP contribution in [0.15, 0.2) is 30.6 Å². The number of ether oxygens (including phenoxy) is 1. The van der Waals surface area contributed by atoms with E-state index in [1.807, 2.05) is 36.7 Å². The molecule has 158 valence electrons. The summed E-state index contributed by atoms with van der Waals surface area (Å²) in [6.07, 6.45) is 5.21. The summed E-state index contributed by atoms with van der Waals surface area (Å²) in [6, 6.07) is 5.93. The van der Waals surface area contributed by atoms with Crippen molar-refractivity contribution in [2.24, 2.45) is 0 Å². The van der Waals surface area contributed by atoms with Crippen molar-refractivity contribution in [2.75, 3.05) is 18.5 Å². The number of nitrogens with one attached hydrogen (secondary N) is 2. The van der Waals surface area contributed by atoms with Crippen molar-refractivity contribution in [3.8, 4) is 0 Å². The molecule has 1 saturated heterocycles. The summed E-state index contributed by atoms with van der Waals surface area (Å²) in [5.41, 5.74) is 4.14. The van der Waals surface area contributed by atoms with Crippen LogP contribution in [0.2, 0.25) is 5.02 Å². The van der Waals surface area contributed by atoms with E-state index < -0.39 is 0 Å². The number of anilines is 1. The Morgan fingerprint density at radius 3 is 2.87 bits per heavy atom. The minimum absolute atomic E-state index is 0.178. The number of aryl methyl sites for hydroxylation is 2. The monoisotopic (exact) mass is 427 g/mol. The fraction of sp³-hybridized carbons (Fsp3) is 0.409. The van der Waals surface area contributed by atoms with Gasteiger partial charge in [0.05, 0.1) is 22.8 Å². The minimum atomic E-state index is -0.178. The van der Waals surface area contributed by atoms with Gasteiger partial charge in [0.1, 0.15) is 0 Å². The molecule has 0 unspecified atom stereocenters. The van der Waals surface area contributed by atoms with Crippen molar-refractivity contribution in [1.29, 1.82) is 0 Å². The highest BCUT2D eigenvalue weighted by Gasteiger charge is 2.22. The number of carbonyl (C=O) groups excluding carboxylic acids is 1. The van der Waals surface area contributed by atoms with Crippen LogP contribution in [0.5, 0.6) is 0 Å². The quantitative estimate of drug-likeness (QED) is 0.622. The summed E-state index contributed by atoms with van der Waals surface area (Å²) >= 11 is 6.11. The lowest BCUT2D eigenvalue weighted by molar-refractivity contribution is 0.0904. The molecule has 2 aromatic heterocycles. The second kappa shape index (κ2) is 9.02. The molecule has 1 fully saturated rings. The molecule has 4 rings (SSSR count). The standard InChI is InChI=1S/C22H26ClN5O2/c1-3-28-21-18(13-26-28)20(27-17-6-8-30-9-7-17)19(12-24-21)22(29)25-11-15-10-16(23)5-4-14(15)2/h4-5,10,12-13,17H,3,6-9,11H2,1-2H3,(H,24,27)(H,25,29). The van der Waals surface area contributed by atoms with E-state index in [1.54, 1.807) is 12.4 Å². The first-order valence-electron chi connectivity index (χ1n) is 10.3. The normalized spacial score (nSPS) is 14.8. The second-order valence-electron chi connectivity index (χ2n) is 7.53. The molecular weight excluding hydrogens is 402 g/mol. The molecule has 1 aliphatic rings. The maximum Gasteiger partial charge on any atom is 0.255 e. The van der Waals surface area contributed by atoms with E-state index in [-0.39, 0.29) is 11.9 Å². The summed E-state index contributed by atoms with van der Waals surface area (Å²) < 4.78 is 7.31. The van der Waals surface area contributed by atoms with E-state index in [0.29, 0.717) is 23.7 Å². The van der Waals surface area contributed by atoms with Gasteiger partial charge in [0.25, 0.3) is 5.91 Å². The number of pyridine rings is 1. The van der Waals surface area contributed by atoms with Gasteiger partial charge in [-0.1, -0.05) is 17.7 Å². The maximum absolute atomic E-state index is 13.1. The lowest BCUT2D eigenvalue weighted by atomic mass is 10.1. The number of halogens is 1. The van der Waals surface area contributed by atoms with Gasteiger partial charge in [0, 0.05) is 43.6 Å². The van der Waals surface area contributed by atoms with Crippen LogP contribution in [0.25, 0.3) is 11.0 Å². The zero-order valence-electron chi connectivity index (χ0n) is 17.2. The number of fused-ring (bicyclic) bond motifs is 1. The number of amides is 1. The smallest absolute Gasteiger partial charge is 0.255 e. The fourth-order valence-corrected chi connectivity index (χ4v) is 3.93. The second-order valence-corrected chi connectivity index (χ2v) is 7.97.